The summed E-state index contributed by atoms with van der Waals surface area (Å²) >= 11 is 12.4. The Bertz CT molecular complexity index is 1100. The summed E-state index contributed by atoms with van der Waals surface area (Å²) in [6, 6.07) is 10.5. The highest BCUT2D eigenvalue weighted by molar-refractivity contribution is 7.89. The van der Waals surface area contributed by atoms with Crippen LogP contribution in [0.15, 0.2) is 41.3 Å². The molecule has 0 radical (unpaired) electrons. The smallest absolute Gasteiger partial charge is 0.253 e. The van der Waals surface area contributed by atoms with E-state index in [1.54, 1.807) is 0 Å². The predicted octanol–water partition coefficient (Wildman–Crippen LogP) is 4.35. The van der Waals surface area contributed by atoms with E-state index in [0.29, 0.717) is 6.54 Å². The van der Waals surface area contributed by atoms with Gasteiger partial charge in [-0.15, -0.1) is 0 Å². The van der Waals surface area contributed by atoms with Crippen molar-refractivity contribution in [3.8, 4) is 0 Å². The van der Waals surface area contributed by atoms with Crippen LogP contribution in [0.25, 0.3) is 0 Å². The Balaban J connectivity index is 1.48. The van der Waals surface area contributed by atoms with Gasteiger partial charge in [0.2, 0.25) is 10.0 Å². The Kier molecular flexibility index (Phi) is 7.42. The first-order valence-corrected chi connectivity index (χ1v) is 13.2. The van der Waals surface area contributed by atoms with Crippen molar-refractivity contribution in [3.63, 3.8) is 0 Å². The van der Waals surface area contributed by atoms with E-state index in [2.05, 4.69) is 21.0 Å². The number of hydrogen-bond acceptors (Lipinski definition) is 4. The maximum Gasteiger partial charge on any atom is 0.253 e. The minimum Gasteiger partial charge on any atom is -0.348 e. The normalized spacial score (nSPS) is 17.3. The first-order chi connectivity index (χ1) is 15.3. The highest BCUT2D eigenvalue weighted by Gasteiger charge is 2.30. The molecule has 1 saturated carbocycles. The van der Waals surface area contributed by atoms with Crippen LogP contribution in [0.5, 0.6) is 0 Å². The van der Waals surface area contributed by atoms with Gasteiger partial charge in [-0.3, -0.25) is 9.69 Å². The van der Waals surface area contributed by atoms with Gasteiger partial charge in [-0.05, 0) is 62.0 Å². The topological polar surface area (TPSA) is 78.5 Å². The predicted molar refractivity (Wildman–Crippen MR) is 127 cm³/mol. The zero-order valence-electron chi connectivity index (χ0n) is 17.7. The monoisotopic (exact) mass is 495 g/mol. The molecule has 6 nitrogen and oxygen atoms in total. The average molecular weight is 496 g/mol. The molecule has 1 aliphatic carbocycles. The van der Waals surface area contributed by atoms with Crippen LogP contribution in [0.4, 0.5) is 0 Å². The van der Waals surface area contributed by atoms with Gasteiger partial charge >= 0.3 is 0 Å². The molecule has 0 unspecified atom stereocenters. The molecule has 2 aromatic carbocycles. The van der Waals surface area contributed by atoms with Crippen LogP contribution in [-0.4, -0.2) is 38.4 Å². The van der Waals surface area contributed by atoms with Gasteiger partial charge in [0.15, 0.2) is 0 Å². The lowest BCUT2D eigenvalue weighted by molar-refractivity contribution is 0.0950. The number of carbonyl (C=O) groups excluding carboxylic acids is 1. The number of hydrogen-bond donors (Lipinski definition) is 2. The maximum absolute atomic E-state index is 12.9. The second kappa shape index (κ2) is 10.1. The summed E-state index contributed by atoms with van der Waals surface area (Å²) in [5.41, 5.74) is 2.29. The lowest BCUT2D eigenvalue weighted by Crippen LogP contribution is -2.30. The van der Waals surface area contributed by atoms with Crippen LogP contribution in [0, 0.1) is 0 Å². The second-order valence-electron chi connectivity index (χ2n) is 8.45. The summed E-state index contributed by atoms with van der Waals surface area (Å²) in [5, 5.41) is 2.99. The molecule has 1 amide bonds. The molecule has 2 aliphatic rings. The van der Waals surface area contributed by atoms with Crippen molar-refractivity contribution in [1.82, 2.24) is 14.9 Å². The SMILES string of the molecule is O=C(NCc1ccccc1CN1CCCCC1)c1cc(S(=O)(=O)NC2CC2)c(Cl)cc1Cl. The second-order valence-corrected chi connectivity index (χ2v) is 10.9. The summed E-state index contributed by atoms with van der Waals surface area (Å²) in [7, 11) is -3.82. The number of carbonyl (C=O) groups is 1. The molecule has 0 atom stereocenters. The minimum atomic E-state index is -3.82. The summed E-state index contributed by atoms with van der Waals surface area (Å²) in [6.45, 7) is 3.35. The highest BCUT2D eigenvalue weighted by atomic mass is 35.5. The zero-order chi connectivity index (χ0) is 22.7. The van der Waals surface area contributed by atoms with Crippen LogP contribution in [-0.2, 0) is 23.1 Å². The number of nitrogens with one attached hydrogen (secondary N) is 2. The third-order valence-corrected chi connectivity index (χ3v) is 8.15. The molecular weight excluding hydrogens is 469 g/mol. The molecule has 0 spiro atoms. The van der Waals surface area contributed by atoms with Crippen molar-refractivity contribution < 1.29 is 13.2 Å². The van der Waals surface area contributed by atoms with Gasteiger partial charge < -0.3 is 5.32 Å². The van der Waals surface area contributed by atoms with E-state index in [1.807, 2.05) is 18.2 Å². The van der Waals surface area contributed by atoms with E-state index in [0.717, 1.165) is 38.0 Å². The molecule has 4 rings (SSSR count). The number of piperidine rings is 1. The van der Waals surface area contributed by atoms with Crippen LogP contribution < -0.4 is 10.0 Å². The van der Waals surface area contributed by atoms with Crippen LogP contribution in [0.1, 0.15) is 53.6 Å². The molecule has 2 fully saturated rings. The fourth-order valence-corrected chi connectivity index (χ4v) is 6.07. The van der Waals surface area contributed by atoms with Crippen LogP contribution >= 0.6 is 23.2 Å². The molecule has 0 aromatic heterocycles. The first kappa shape index (κ1) is 23.5. The molecular formula is C23H27Cl2N3O3S. The average Bonchev–Trinajstić information content (AvgIpc) is 3.57. The van der Waals surface area contributed by atoms with Crippen molar-refractivity contribution in [2.45, 2.75) is 56.1 Å². The Hall–Kier alpha value is -1.64. The lowest BCUT2D eigenvalue weighted by atomic mass is 10.0. The van der Waals surface area contributed by atoms with Gasteiger partial charge in [0.1, 0.15) is 4.90 Å². The fourth-order valence-electron chi connectivity index (χ4n) is 3.91. The molecule has 172 valence electrons. The molecule has 9 heteroatoms. The van der Waals surface area contributed by atoms with Crippen LogP contribution in [0.3, 0.4) is 0 Å². The van der Waals surface area contributed by atoms with Gasteiger partial charge in [-0.25, -0.2) is 13.1 Å². The van der Waals surface area contributed by atoms with E-state index in [1.165, 1.54) is 37.0 Å². The third-order valence-electron chi connectivity index (χ3n) is 5.86. The minimum absolute atomic E-state index is 0.00780. The van der Waals surface area contributed by atoms with Gasteiger partial charge in [-0.1, -0.05) is 53.9 Å². The van der Waals surface area contributed by atoms with Gasteiger partial charge in [-0.2, -0.15) is 0 Å². The quantitative estimate of drug-likeness (QED) is 0.570. The number of rotatable bonds is 8. The summed E-state index contributed by atoms with van der Waals surface area (Å²) in [4.78, 5) is 15.2. The molecule has 2 aromatic rings. The van der Waals surface area contributed by atoms with Crippen molar-refractivity contribution >= 4 is 39.1 Å². The number of likely N-dealkylation sites (tertiary alicyclic amines) is 1. The zero-order valence-corrected chi connectivity index (χ0v) is 20.1. The summed E-state index contributed by atoms with van der Waals surface area (Å²) in [5.74, 6) is -0.442. The molecule has 1 heterocycles. The van der Waals surface area contributed by atoms with Gasteiger partial charge in [0.25, 0.3) is 5.91 Å². The van der Waals surface area contributed by atoms with E-state index < -0.39 is 15.9 Å². The largest absolute Gasteiger partial charge is 0.348 e. The number of benzene rings is 2. The van der Waals surface area contributed by atoms with Crippen LogP contribution in [0.2, 0.25) is 10.0 Å². The van der Waals surface area contributed by atoms with E-state index >= 15 is 0 Å². The van der Waals surface area contributed by atoms with Gasteiger partial charge in [0, 0.05) is 19.1 Å². The van der Waals surface area contributed by atoms with Crippen molar-refractivity contribution in [1.29, 1.82) is 0 Å². The highest BCUT2D eigenvalue weighted by Crippen LogP contribution is 2.30. The van der Waals surface area contributed by atoms with Crippen molar-refractivity contribution in [2.24, 2.45) is 0 Å². The number of sulfonamides is 1. The van der Waals surface area contributed by atoms with E-state index in [-0.39, 0.29) is 26.5 Å². The maximum atomic E-state index is 12.9. The Morgan fingerprint density at radius 1 is 1.00 bits per heavy atom. The first-order valence-electron chi connectivity index (χ1n) is 10.9. The molecule has 1 aliphatic heterocycles. The molecule has 2 N–H and O–H groups in total. The Morgan fingerprint density at radius 3 is 2.38 bits per heavy atom. The summed E-state index contributed by atoms with van der Waals surface area (Å²) < 4.78 is 27.8. The lowest BCUT2D eigenvalue weighted by Gasteiger charge is -2.27. The summed E-state index contributed by atoms with van der Waals surface area (Å²) in [6.07, 6.45) is 5.32. The molecule has 32 heavy (non-hydrogen) atoms. The van der Waals surface area contributed by atoms with Gasteiger partial charge in [0.05, 0.1) is 15.6 Å². The van der Waals surface area contributed by atoms with E-state index in [9.17, 15) is 13.2 Å². The molecule has 1 saturated heterocycles. The number of amides is 1. The standard InChI is InChI=1S/C23H27Cl2N3O3S/c24-20-13-21(25)22(32(30,31)27-18-8-9-18)12-19(20)23(29)26-14-16-6-2-3-7-17(16)15-28-10-4-1-5-11-28/h2-3,6-7,12-13,18,27H,1,4-5,8-11,14-15H2,(H,26,29). The Labute approximate surface area is 199 Å². The fraction of sp³-hybridized carbons (Fsp3) is 0.435. The number of halogens is 2. The Morgan fingerprint density at radius 2 is 1.69 bits per heavy atom. The van der Waals surface area contributed by atoms with Crippen molar-refractivity contribution in [3.05, 3.63) is 63.1 Å². The van der Waals surface area contributed by atoms with Crippen molar-refractivity contribution in [2.75, 3.05) is 13.1 Å². The van der Waals surface area contributed by atoms with E-state index in [4.69, 9.17) is 23.2 Å². The molecule has 0 bridgehead atoms. The third kappa shape index (κ3) is 5.83. The number of nitrogens with zero attached hydrogens (tertiary/aromatic N) is 1.